The van der Waals surface area contributed by atoms with Crippen molar-refractivity contribution in [3.63, 3.8) is 0 Å². The van der Waals surface area contributed by atoms with Crippen molar-refractivity contribution in [1.29, 1.82) is 0 Å². The second kappa shape index (κ2) is 8.22. The molecule has 0 saturated heterocycles. The molecular formula is C13H12F3N3O7. The van der Waals surface area contributed by atoms with E-state index in [0.29, 0.717) is 18.2 Å². The number of nitro benzene ring substituents is 2. The van der Waals surface area contributed by atoms with Gasteiger partial charge in [-0.1, -0.05) is 0 Å². The summed E-state index contributed by atoms with van der Waals surface area (Å²) in [6.07, 6.45) is -6.24. The lowest BCUT2D eigenvalue weighted by Gasteiger charge is -2.20. The first-order chi connectivity index (χ1) is 12.0. The van der Waals surface area contributed by atoms with E-state index in [0.717, 1.165) is 0 Å². The third-order valence-electron chi connectivity index (χ3n) is 2.96. The Labute approximate surface area is 143 Å². The molecule has 1 aromatic carbocycles. The first-order valence-electron chi connectivity index (χ1n) is 6.92. The molecule has 1 N–H and O–H groups in total. The Hall–Kier alpha value is -3.25. The average Bonchev–Trinajstić information content (AvgIpc) is 2.52. The van der Waals surface area contributed by atoms with Crippen molar-refractivity contribution in [2.45, 2.75) is 25.6 Å². The van der Waals surface area contributed by atoms with Gasteiger partial charge in [0.15, 0.2) is 0 Å². The molecule has 26 heavy (non-hydrogen) atoms. The summed E-state index contributed by atoms with van der Waals surface area (Å²) < 4.78 is 43.3. The van der Waals surface area contributed by atoms with E-state index in [1.165, 1.54) is 12.2 Å². The molecule has 1 rings (SSSR count). The number of hydrogen-bond donors (Lipinski definition) is 1. The van der Waals surface area contributed by atoms with Crippen molar-refractivity contribution < 1.29 is 37.3 Å². The molecule has 0 aliphatic rings. The summed E-state index contributed by atoms with van der Waals surface area (Å²) in [7, 11) is 0. The van der Waals surface area contributed by atoms with Gasteiger partial charge in [0, 0.05) is 12.1 Å². The van der Waals surface area contributed by atoms with Gasteiger partial charge < -0.3 is 10.1 Å². The number of benzene rings is 1. The van der Waals surface area contributed by atoms with Gasteiger partial charge in [-0.25, -0.2) is 0 Å². The van der Waals surface area contributed by atoms with Crippen LogP contribution in [0.4, 0.5) is 24.5 Å². The molecule has 1 aromatic rings. The van der Waals surface area contributed by atoms with Crippen LogP contribution < -0.4 is 5.32 Å². The Morgan fingerprint density at radius 1 is 1.15 bits per heavy atom. The largest absolute Gasteiger partial charge is 0.466 e. The van der Waals surface area contributed by atoms with E-state index in [4.69, 9.17) is 0 Å². The Morgan fingerprint density at radius 3 is 2.04 bits per heavy atom. The van der Waals surface area contributed by atoms with E-state index in [1.54, 1.807) is 0 Å². The van der Waals surface area contributed by atoms with E-state index in [2.05, 4.69) is 4.74 Å². The highest BCUT2D eigenvalue weighted by molar-refractivity contribution is 5.96. The first-order valence-corrected chi connectivity index (χ1v) is 6.92. The zero-order valence-electron chi connectivity index (χ0n) is 13.1. The molecule has 13 heteroatoms. The van der Waals surface area contributed by atoms with Crippen LogP contribution in [-0.2, 0) is 9.53 Å². The van der Waals surface area contributed by atoms with Gasteiger partial charge in [0.2, 0.25) is 0 Å². The molecule has 0 aliphatic heterocycles. The molecule has 0 heterocycles. The van der Waals surface area contributed by atoms with Gasteiger partial charge in [-0.15, -0.1) is 0 Å². The lowest BCUT2D eigenvalue weighted by Crippen LogP contribution is -2.46. The minimum Gasteiger partial charge on any atom is -0.466 e. The Bertz CT molecular complexity index is 704. The molecule has 0 aliphatic carbocycles. The van der Waals surface area contributed by atoms with E-state index in [-0.39, 0.29) is 6.61 Å². The Kier molecular flexibility index (Phi) is 6.58. The van der Waals surface area contributed by atoms with Crippen LogP contribution in [0.25, 0.3) is 0 Å². The minimum absolute atomic E-state index is 0.172. The third-order valence-corrected chi connectivity index (χ3v) is 2.96. The van der Waals surface area contributed by atoms with Crippen LogP contribution in [-0.4, -0.2) is 40.5 Å². The molecule has 10 nitrogen and oxygen atoms in total. The monoisotopic (exact) mass is 379 g/mol. The molecule has 0 radical (unpaired) electrons. The van der Waals surface area contributed by atoms with Crippen LogP contribution in [0.1, 0.15) is 23.7 Å². The maximum atomic E-state index is 13.0. The number of amides is 1. The second-order valence-electron chi connectivity index (χ2n) is 4.83. The lowest BCUT2D eigenvalue weighted by molar-refractivity contribution is -0.394. The summed E-state index contributed by atoms with van der Waals surface area (Å²) in [6.45, 7) is 1.20. The molecule has 1 amide bonds. The van der Waals surface area contributed by atoms with E-state index in [9.17, 15) is 43.0 Å². The predicted molar refractivity (Wildman–Crippen MR) is 78.3 cm³/mol. The fraction of sp³-hybridized carbons (Fsp3) is 0.385. The highest BCUT2D eigenvalue weighted by atomic mass is 19.4. The van der Waals surface area contributed by atoms with Crippen molar-refractivity contribution in [1.82, 2.24) is 5.32 Å². The van der Waals surface area contributed by atoms with Gasteiger partial charge >= 0.3 is 12.1 Å². The number of nitro groups is 2. The number of nitrogens with zero attached hydrogens (tertiary/aromatic N) is 2. The summed E-state index contributed by atoms with van der Waals surface area (Å²) in [4.78, 5) is 42.7. The molecule has 1 atom stereocenters. The molecule has 0 aromatic heterocycles. The van der Waals surface area contributed by atoms with Crippen molar-refractivity contribution in [3.05, 3.63) is 44.0 Å². The maximum absolute atomic E-state index is 13.0. The molecule has 0 spiro atoms. The number of rotatable bonds is 7. The van der Waals surface area contributed by atoms with E-state index in [1.807, 2.05) is 0 Å². The Balaban J connectivity index is 3.14. The van der Waals surface area contributed by atoms with Crippen LogP contribution in [0, 0.1) is 20.2 Å². The topological polar surface area (TPSA) is 142 Å². The number of ether oxygens (including phenoxy) is 1. The number of carbonyl (C=O) groups excluding carboxylic acids is 2. The second-order valence-corrected chi connectivity index (χ2v) is 4.83. The summed E-state index contributed by atoms with van der Waals surface area (Å²) in [6, 6.07) is -0.913. The molecular weight excluding hydrogens is 367 g/mol. The number of nitrogens with one attached hydrogen (secondary N) is 1. The number of alkyl halides is 3. The Morgan fingerprint density at radius 2 is 1.65 bits per heavy atom. The predicted octanol–water partition coefficient (Wildman–Crippen LogP) is 2.12. The third kappa shape index (κ3) is 5.68. The number of carbonyl (C=O) groups is 2. The summed E-state index contributed by atoms with van der Waals surface area (Å²) >= 11 is 0. The standard InChI is InChI=1S/C13H12F3N3O7/c1-2-26-11(20)6-10(13(14,15)16)17-12(21)7-3-8(18(22)23)5-9(4-7)19(24)25/h3-5,10H,2,6H2,1H3,(H,17,21)/t10-/m0/s1. The molecule has 0 bridgehead atoms. The van der Waals surface area contributed by atoms with E-state index < -0.39 is 57.3 Å². The van der Waals surface area contributed by atoms with Crippen LogP contribution in [0.15, 0.2) is 18.2 Å². The van der Waals surface area contributed by atoms with Gasteiger partial charge in [0.25, 0.3) is 17.3 Å². The van der Waals surface area contributed by atoms with Crippen molar-refractivity contribution in [2.24, 2.45) is 0 Å². The number of non-ortho nitro benzene ring substituents is 2. The summed E-state index contributed by atoms with van der Waals surface area (Å²) in [5, 5.41) is 23.0. The highest BCUT2D eigenvalue weighted by Gasteiger charge is 2.42. The fourth-order valence-electron chi connectivity index (χ4n) is 1.81. The van der Waals surface area contributed by atoms with Crippen molar-refractivity contribution >= 4 is 23.3 Å². The maximum Gasteiger partial charge on any atom is 0.409 e. The smallest absolute Gasteiger partial charge is 0.409 e. The van der Waals surface area contributed by atoms with Crippen LogP contribution in [0.2, 0.25) is 0 Å². The van der Waals surface area contributed by atoms with Gasteiger partial charge in [0.05, 0.1) is 34.5 Å². The zero-order valence-corrected chi connectivity index (χ0v) is 13.1. The SMILES string of the molecule is CCOC(=O)C[C@H](NC(=O)c1cc([N+](=O)[O-])cc([N+](=O)[O-])c1)C(F)(F)F. The molecule has 0 unspecified atom stereocenters. The van der Waals surface area contributed by atoms with Crippen molar-refractivity contribution in [3.8, 4) is 0 Å². The lowest BCUT2D eigenvalue weighted by atomic mass is 10.1. The highest BCUT2D eigenvalue weighted by Crippen LogP contribution is 2.25. The van der Waals surface area contributed by atoms with Crippen molar-refractivity contribution in [2.75, 3.05) is 6.61 Å². The molecule has 142 valence electrons. The number of hydrogen-bond acceptors (Lipinski definition) is 7. The van der Waals surface area contributed by atoms with E-state index >= 15 is 0 Å². The molecule has 0 fully saturated rings. The summed E-state index contributed by atoms with van der Waals surface area (Å²) in [5.74, 6) is -2.69. The number of halogens is 3. The average molecular weight is 379 g/mol. The first kappa shape index (κ1) is 20.8. The van der Waals surface area contributed by atoms with Gasteiger partial charge in [-0.3, -0.25) is 29.8 Å². The van der Waals surface area contributed by atoms with Crippen LogP contribution in [0.3, 0.4) is 0 Å². The van der Waals surface area contributed by atoms with Crippen LogP contribution >= 0.6 is 0 Å². The molecule has 0 saturated carbocycles. The van der Waals surface area contributed by atoms with Gasteiger partial charge in [0.1, 0.15) is 6.04 Å². The van der Waals surface area contributed by atoms with Gasteiger partial charge in [-0.05, 0) is 6.92 Å². The summed E-state index contributed by atoms with van der Waals surface area (Å²) in [5.41, 5.74) is -2.43. The minimum atomic E-state index is -5.02. The number of esters is 1. The quantitative estimate of drug-likeness (QED) is 0.434. The normalized spacial score (nSPS) is 12.2. The fourth-order valence-corrected chi connectivity index (χ4v) is 1.81. The zero-order chi connectivity index (χ0) is 20.1. The van der Waals surface area contributed by atoms with Gasteiger partial charge in [-0.2, -0.15) is 13.2 Å². The van der Waals surface area contributed by atoms with Crippen LogP contribution in [0.5, 0.6) is 0 Å².